The van der Waals surface area contributed by atoms with E-state index in [9.17, 15) is 19.7 Å². The first-order chi connectivity index (χ1) is 14.0. The van der Waals surface area contributed by atoms with Crippen molar-refractivity contribution in [2.24, 2.45) is 0 Å². The number of methoxy groups -OCH3 is 1. The Morgan fingerprint density at radius 1 is 1.10 bits per heavy atom. The van der Waals surface area contributed by atoms with E-state index in [4.69, 9.17) is 4.74 Å². The van der Waals surface area contributed by atoms with Crippen molar-refractivity contribution in [3.63, 3.8) is 0 Å². The molecule has 2 amide bonds. The van der Waals surface area contributed by atoms with Gasteiger partial charge in [0.25, 0.3) is 11.6 Å². The van der Waals surface area contributed by atoms with Gasteiger partial charge in [0.2, 0.25) is 5.91 Å². The summed E-state index contributed by atoms with van der Waals surface area (Å²) < 4.78 is 4.99. The number of carbonyl (C=O) groups excluding carboxylic acids is 2. The van der Waals surface area contributed by atoms with Crippen LogP contribution in [0, 0.1) is 10.1 Å². The van der Waals surface area contributed by atoms with Crippen molar-refractivity contribution < 1.29 is 19.2 Å². The van der Waals surface area contributed by atoms with Gasteiger partial charge >= 0.3 is 0 Å². The van der Waals surface area contributed by atoms with Gasteiger partial charge in [0.15, 0.2) is 0 Å². The van der Waals surface area contributed by atoms with Crippen LogP contribution in [0.5, 0.6) is 5.75 Å². The number of hydrogen-bond donors (Lipinski definition) is 1. The lowest BCUT2D eigenvalue weighted by molar-refractivity contribution is -0.384. The molecule has 29 heavy (non-hydrogen) atoms. The molecule has 1 heterocycles. The molecule has 1 aliphatic heterocycles. The Balaban J connectivity index is 1.54. The van der Waals surface area contributed by atoms with E-state index < -0.39 is 4.92 Å². The van der Waals surface area contributed by atoms with Crippen LogP contribution < -0.4 is 10.1 Å². The first kappa shape index (κ1) is 20.3. The molecule has 1 saturated heterocycles. The zero-order valence-electron chi connectivity index (χ0n) is 16.0. The number of amides is 2. The van der Waals surface area contributed by atoms with Crippen molar-refractivity contribution in [1.82, 2.24) is 9.80 Å². The largest absolute Gasteiger partial charge is 0.496 e. The summed E-state index contributed by atoms with van der Waals surface area (Å²) in [6.45, 7) is 2.23. The number of nitro benzene ring substituents is 1. The lowest BCUT2D eigenvalue weighted by Gasteiger charge is -2.34. The van der Waals surface area contributed by atoms with Crippen LogP contribution in [-0.4, -0.2) is 66.4 Å². The van der Waals surface area contributed by atoms with Crippen LogP contribution in [0.15, 0.2) is 48.5 Å². The SMILES string of the molecule is COc1ccc(NC(=O)CN2CCN(C(=O)c3ccccc3)CC2)c([N+](=O)[O-])c1. The summed E-state index contributed by atoms with van der Waals surface area (Å²) in [5.74, 6) is -0.0291. The van der Waals surface area contributed by atoms with Crippen LogP contribution in [0.3, 0.4) is 0 Å². The molecule has 2 aromatic carbocycles. The second-order valence-corrected chi connectivity index (χ2v) is 6.62. The third kappa shape index (κ3) is 5.08. The van der Waals surface area contributed by atoms with Crippen molar-refractivity contribution in [3.8, 4) is 5.75 Å². The minimum absolute atomic E-state index is 0.0245. The Hall–Kier alpha value is -3.46. The van der Waals surface area contributed by atoms with Gasteiger partial charge in [-0.25, -0.2) is 0 Å². The molecule has 0 spiro atoms. The first-order valence-corrected chi connectivity index (χ1v) is 9.17. The number of nitrogens with zero attached hydrogens (tertiary/aromatic N) is 3. The fourth-order valence-corrected chi connectivity index (χ4v) is 3.16. The Morgan fingerprint density at radius 3 is 2.41 bits per heavy atom. The van der Waals surface area contributed by atoms with Crippen LogP contribution in [-0.2, 0) is 4.79 Å². The standard InChI is InChI=1S/C20H22N4O5/c1-29-16-7-8-17(18(13-16)24(27)28)21-19(25)14-22-9-11-23(12-10-22)20(26)15-5-3-2-4-6-15/h2-8,13H,9-12,14H2,1H3,(H,21,25). The molecule has 1 fully saturated rings. The van der Waals surface area contributed by atoms with Crippen molar-refractivity contribution in [2.75, 3.05) is 45.2 Å². The quantitative estimate of drug-likeness (QED) is 0.589. The molecule has 0 aliphatic carbocycles. The van der Waals surface area contributed by atoms with Crippen LogP contribution in [0.1, 0.15) is 10.4 Å². The molecular weight excluding hydrogens is 376 g/mol. The number of hydrogen-bond acceptors (Lipinski definition) is 6. The van der Waals surface area contributed by atoms with Gasteiger partial charge in [-0.2, -0.15) is 0 Å². The van der Waals surface area contributed by atoms with E-state index in [1.165, 1.54) is 19.2 Å². The van der Waals surface area contributed by atoms with E-state index in [-0.39, 0.29) is 29.7 Å². The number of nitro groups is 1. The zero-order valence-corrected chi connectivity index (χ0v) is 16.0. The second-order valence-electron chi connectivity index (χ2n) is 6.62. The molecule has 3 rings (SSSR count). The summed E-state index contributed by atoms with van der Waals surface area (Å²) in [5, 5.41) is 13.8. The van der Waals surface area contributed by atoms with Crippen molar-refractivity contribution in [3.05, 3.63) is 64.2 Å². The lowest BCUT2D eigenvalue weighted by Crippen LogP contribution is -2.50. The third-order valence-corrected chi connectivity index (χ3v) is 4.72. The fraction of sp³-hybridized carbons (Fsp3) is 0.300. The first-order valence-electron chi connectivity index (χ1n) is 9.17. The lowest BCUT2D eigenvalue weighted by atomic mass is 10.2. The van der Waals surface area contributed by atoms with E-state index in [1.807, 2.05) is 23.1 Å². The summed E-state index contributed by atoms with van der Waals surface area (Å²) >= 11 is 0. The topological polar surface area (TPSA) is 105 Å². The smallest absolute Gasteiger partial charge is 0.296 e. The van der Waals surface area contributed by atoms with Crippen molar-refractivity contribution in [2.45, 2.75) is 0 Å². The Labute approximate surface area is 168 Å². The molecule has 2 aromatic rings. The highest BCUT2D eigenvalue weighted by Gasteiger charge is 2.24. The number of ether oxygens (including phenoxy) is 1. The summed E-state index contributed by atoms with van der Waals surface area (Å²) in [6, 6.07) is 13.3. The molecule has 0 bridgehead atoms. The monoisotopic (exact) mass is 398 g/mol. The minimum atomic E-state index is -0.563. The van der Waals surface area contributed by atoms with Crippen molar-refractivity contribution >= 4 is 23.2 Å². The summed E-state index contributed by atoms with van der Waals surface area (Å²) in [4.78, 5) is 39.2. The third-order valence-electron chi connectivity index (χ3n) is 4.72. The highest BCUT2D eigenvalue weighted by molar-refractivity contribution is 5.95. The van der Waals surface area contributed by atoms with Gasteiger partial charge in [-0.05, 0) is 24.3 Å². The van der Waals surface area contributed by atoms with Crippen LogP contribution >= 0.6 is 0 Å². The van der Waals surface area contributed by atoms with Gasteiger partial charge in [0.1, 0.15) is 11.4 Å². The van der Waals surface area contributed by atoms with Crippen LogP contribution in [0.25, 0.3) is 0 Å². The Morgan fingerprint density at radius 2 is 1.79 bits per heavy atom. The Bertz CT molecular complexity index is 895. The average molecular weight is 398 g/mol. The molecule has 1 N–H and O–H groups in total. The molecule has 152 valence electrons. The maximum absolute atomic E-state index is 12.5. The summed E-state index contributed by atoms with van der Waals surface area (Å²) in [7, 11) is 1.42. The van der Waals surface area contributed by atoms with E-state index in [0.717, 1.165) is 0 Å². The van der Waals surface area contributed by atoms with Crippen LogP contribution in [0.2, 0.25) is 0 Å². The zero-order chi connectivity index (χ0) is 20.8. The maximum atomic E-state index is 12.5. The van der Waals surface area contributed by atoms with E-state index in [0.29, 0.717) is 37.5 Å². The average Bonchev–Trinajstić information content (AvgIpc) is 2.74. The predicted molar refractivity (Wildman–Crippen MR) is 107 cm³/mol. The highest BCUT2D eigenvalue weighted by Crippen LogP contribution is 2.28. The van der Waals surface area contributed by atoms with Gasteiger partial charge in [-0.15, -0.1) is 0 Å². The Kier molecular flexibility index (Phi) is 6.40. The van der Waals surface area contributed by atoms with Gasteiger partial charge in [0, 0.05) is 31.7 Å². The van der Waals surface area contributed by atoms with E-state index >= 15 is 0 Å². The van der Waals surface area contributed by atoms with Crippen LogP contribution in [0.4, 0.5) is 11.4 Å². The predicted octanol–water partition coefficient (Wildman–Crippen LogP) is 2.00. The molecule has 0 atom stereocenters. The number of nitrogens with one attached hydrogen (secondary N) is 1. The van der Waals surface area contributed by atoms with Gasteiger partial charge in [0.05, 0.1) is 24.6 Å². The molecule has 0 unspecified atom stereocenters. The number of rotatable bonds is 6. The molecule has 0 radical (unpaired) electrons. The van der Waals surface area contributed by atoms with Gasteiger partial charge in [-0.3, -0.25) is 24.6 Å². The molecular formula is C20H22N4O5. The highest BCUT2D eigenvalue weighted by atomic mass is 16.6. The fourth-order valence-electron chi connectivity index (χ4n) is 3.16. The van der Waals surface area contributed by atoms with E-state index in [2.05, 4.69) is 5.32 Å². The minimum Gasteiger partial charge on any atom is -0.496 e. The molecule has 0 aromatic heterocycles. The van der Waals surface area contributed by atoms with Gasteiger partial charge < -0.3 is 15.0 Å². The molecule has 1 aliphatic rings. The summed E-state index contributed by atoms with van der Waals surface area (Å²) in [5.41, 5.74) is 0.542. The normalized spacial score (nSPS) is 14.3. The number of benzene rings is 2. The number of piperazine rings is 1. The second kappa shape index (κ2) is 9.16. The number of carbonyl (C=O) groups is 2. The molecule has 9 heteroatoms. The number of anilines is 1. The van der Waals surface area contributed by atoms with Crippen molar-refractivity contribution in [1.29, 1.82) is 0 Å². The maximum Gasteiger partial charge on any atom is 0.296 e. The van der Waals surface area contributed by atoms with Gasteiger partial charge in [-0.1, -0.05) is 18.2 Å². The molecule has 9 nitrogen and oxygen atoms in total. The summed E-state index contributed by atoms with van der Waals surface area (Å²) in [6.07, 6.45) is 0. The molecule has 0 saturated carbocycles. The van der Waals surface area contributed by atoms with E-state index in [1.54, 1.807) is 23.1 Å².